The van der Waals surface area contributed by atoms with Gasteiger partial charge in [0.25, 0.3) is 0 Å². The highest BCUT2D eigenvalue weighted by Crippen LogP contribution is 2.48. The van der Waals surface area contributed by atoms with E-state index in [2.05, 4.69) is 123 Å². The van der Waals surface area contributed by atoms with Gasteiger partial charge in [0.05, 0.1) is 0 Å². The van der Waals surface area contributed by atoms with Crippen LogP contribution < -0.4 is 0 Å². The Morgan fingerprint density at radius 2 is 0.683 bits per heavy atom. The highest BCUT2D eigenvalue weighted by molar-refractivity contribution is 6.31. The first kappa shape index (κ1) is 41.9. The van der Waals surface area contributed by atoms with Crippen LogP contribution in [0.25, 0.3) is 76.9 Å². The lowest BCUT2D eigenvalue weighted by Crippen LogP contribution is -1.87. The molecule has 8 aromatic rings. The lowest BCUT2D eigenvalue weighted by Gasteiger charge is -2.11. The number of furan rings is 2. The Balaban J connectivity index is 1.12. The minimum atomic E-state index is 0.963. The summed E-state index contributed by atoms with van der Waals surface area (Å²) < 4.78 is 14.0. The van der Waals surface area contributed by atoms with Gasteiger partial charge < -0.3 is 8.83 Å². The van der Waals surface area contributed by atoms with E-state index in [1.54, 1.807) is 0 Å². The maximum absolute atomic E-state index is 6.99. The summed E-state index contributed by atoms with van der Waals surface area (Å²) in [5, 5.41) is 7.19. The van der Waals surface area contributed by atoms with Crippen LogP contribution in [0.1, 0.15) is 153 Å². The first-order valence-corrected chi connectivity index (χ1v) is 24.1. The lowest BCUT2D eigenvalue weighted by atomic mass is 9.90. The minimum absolute atomic E-state index is 0.963. The van der Waals surface area contributed by atoms with Crippen LogP contribution in [0.3, 0.4) is 0 Å². The second-order valence-electron chi connectivity index (χ2n) is 17.8. The van der Waals surface area contributed by atoms with Crippen molar-refractivity contribution in [2.75, 3.05) is 0 Å². The van der Waals surface area contributed by atoms with Gasteiger partial charge in [-0.25, -0.2) is 0 Å². The smallest absolute Gasteiger partial charge is 0.143 e. The molecule has 2 nitrogen and oxygen atoms in total. The van der Waals surface area contributed by atoms with Crippen molar-refractivity contribution < 1.29 is 8.83 Å². The summed E-state index contributed by atoms with van der Waals surface area (Å²) >= 11 is 0. The van der Waals surface area contributed by atoms with Gasteiger partial charge in [-0.15, -0.1) is 0 Å². The van der Waals surface area contributed by atoms with E-state index in [1.807, 2.05) is 0 Å². The molecule has 0 amide bonds. The molecule has 0 N–H and O–H groups in total. The summed E-state index contributed by atoms with van der Waals surface area (Å²) in [4.78, 5) is 0. The molecule has 0 atom stereocenters. The molecule has 0 bridgehead atoms. The topological polar surface area (TPSA) is 26.3 Å². The second-order valence-corrected chi connectivity index (χ2v) is 17.8. The van der Waals surface area contributed by atoms with Gasteiger partial charge in [-0.2, -0.15) is 0 Å². The maximum Gasteiger partial charge on any atom is 0.143 e. The van der Waals surface area contributed by atoms with E-state index >= 15 is 0 Å². The van der Waals surface area contributed by atoms with Gasteiger partial charge in [0.1, 0.15) is 22.3 Å². The molecule has 0 spiro atoms. The first-order valence-electron chi connectivity index (χ1n) is 24.1. The monoisotopic (exact) mass is 797 g/mol. The van der Waals surface area contributed by atoms with E-state index in [1.165, 1.54) is 183 Å². The number of rotatable bonds is 24. The number of unbranched alkanes of at least 4 members (excludes halogenated alkanes) is 18. The third kappa shape index (κ3) is 9.86. The summed E-state index contributed by atoms with van der Waals surface area (Å²) in [6, 6.07) is 40.4. The van der Waals surface area contributed by atoms with Crippen molar-refractivity contribution in [1.29, 1.82) is 0 Å². The molecule has 2 aromatic heterocycles. The molecular formula is C58H68O2. The van der Waals surface area contributed by atoms with Gasteiger partial charge in [0, 0.05) is 32.7 Å². The minimum Gasteiger partial charge on any atom is -0.455 e. The van der Waals surface area contributed by atoms with E-state index in [4.69, 9.17) is 8.83 Å². The van der Waals surface area contributed by atoms with Crippen molar-refractivity contribution in [3.63, 3.8) is 0 Å². The second kappa shape index (κ2) is 21.1. The number of hydrogen-bond donors (Lipinski definition) is 0. The highest BCUT2D eigenvalue weighted by Gasteiger charge is 2.23. The quantitative estimate of drug-likeness (QED) is 0.0569. The van der Waals surface area contributed by atoms with Crippen molar-refractivity contribution in [1.82, 2.24) is 0 Å². The van der Waals surface area contributed by atoms with Crippen LogP contribution >= 0.6 is 0 Å². The third-order valence-corrected chi connectivity index (χ3v) is 13.2. The summed E-state index contributed by atoms with van der Waals surface area (Å²) in [6.07, 6.45) is 29.3. The van der Waals surface area contributed by atoms with Crippen LogP contribution in [-0.4, -0.2) is 0 Å². The van der Waals surface area contributed by atoms with E-state index in [9.17, 15) is 0 Å². The van der Waals surface area contributed by atoms with Crippen LogP contribution in [0, 0.1) is 0 Å². The van der Waals surface area contributed by atoms with Crippen LogP contribution in [0.5, 0.6) is 0 Å². The zero-order valence-electron chi connectivity index (χ0n) is 36.8. The molecule has 0 aliphatic rings. The molecule has 8 rings (SSSR count). The molecule has 6 aromatic carbocycles. The molecular weight excluding hydrogens is 729 g/mol. The summed E-state index contributed by atoms with van der Waals surface area (Å²) in [5.41, 5.74) is 11.2. The van der Waals surface area contributed by atoms with Crippen LogP contribution in [0.4, 0.5) is 0 Å². The fourth-order valence-corrected chi connectivity index (χ4v) is 9.79. The van der Waals surface area contributed by atoms with E-state index < -0.39 is 0 Å². The predicted molar refractivity (Wildman–Crippen MR) is 260 cm³/mol. The normalized spacial score (nSPS) is 12.0. The van der Waals surface area contributed by atoms with Crippen molar-refractivity contribution >= 4 is 54.6 Å². The molecule has 2 heterocycles. The Morgan fingerprint density at radius 1 is 0.333 bits per heavy atom. The Morgan fingerprint density at radius 3 is 1.05 bits per heavy atom. The van der Waals surface area contributed by atoms with Crippen LogP contribution in [-0.2, 0) is 12.8 Å². The maximum atomic E-state index is 6.99. The molecule has 60 heavy (non-hydrogen) atoms. The average molecular weight is 797 g/mol. The van der Waals surface area contributed by atoms with Crippen molar-refractivity contribution in [3.8, 4) is 22.3 Å². The third-order valence-electron chi connectivity index (χ3n) is 13.2. The fraction of sp³-hybridized carbons (Fsp3) is 0.414. The van der Waals surface area contributed by atoms with Gasteiger partial charge >= 0.3 is 0 Å². The standard InChI is InChI=1S/C58H68O2/c1-3-5-7-9-11-13-15-17-19-23-29-43-35-37-47-53(39-43)59-57-49(45-31-25-21-26-32-45)41-52-51(55(47)57)42-50(46-33-27-22-28-34-46)58-56(52)48-38-36-44(40-54(48)60-58)30-24-20-18-16-14-12-10-8-6-4-2/h21-22,25-28,31-42H,3-20,23-24,29-30H2,1-2H3. The van der Waals surface area contributed by atoms with Gasteiger partial charge in [0.15, 0.2) is 0 Å². The molecule has 2 heteroatoms. The van der Waals surface area contributed by atoms with Gasteiger partial charge in [0.2, 0.25) is 0 Å². The van der Waals surface area contributed by atoms with Gasteiger partial charge in [-0.3, -0.25) is 0 Å². The molecule has 0 unspecified atom stereocenters. The SMILES string of the molecule is CCCCCCCCCCCCc1ccc2c(c1)oc1c(-c3ccccc3)cc3c(cc(-c4ccccc4)c4oc5cc(CCCCCCCCCCCC)ccc5c43)c12. The predicted octanol–water partition coefficient (Wildman–Crippen LogP) is 18.9. The zero-order chi connectivity index (χ0) is 40.9. The van der Waals surface area contributed by atoms with E-state index in [-0.39, 0.29) is 0 Å². The highest BCUT2D eigenvalue weighted by atomic mass is 16.3. The van der Waals surface area contributed by atoms with Crippen molar-refractivity contribution in [3.05, 3.63) is 120 Å². The van der Waals surface area contributed by atoms with E-state index in [0.717, 1.165) is 46.3 Å². The number of benzene rings is 6. The summed E-state index contributed by atoms with van der Waals surface area (Å²) in [7, 11) is 0. The Kier molecular flexibility index (Phi) is 14.7. The molecule has 0 aliphatic heterocycles. The molecule has 312 valence electrons. The Bertz CT molecular complexity index is 2390. The fourth-order valence-electron chi connectivity index (χ4n) is 9.79. The lowest BCUT2D eigenvalue weighted by molar-refractivity contribution is 0.556. The summed E-state index contributed by atoms with van der Waals surface area (Å²) in [6.45, 7) is 4.59. The molecule has 0 saturated heterocycles. The largest absolute Gasteiger partial charge is 0.455 e. The van der Waals surface area contributed by atoms with Crippen molar-refractivity contribution in [2.45, 2.75) is 155 Å². The molecule has 0 fully saturated rings. The number of aryl methyl sites for hydroxylation is 2. The summed E-state index contributed by atoms with van der Waals surface area (Å²) in [5.74, 6) is 0. The average Bonchev–Trinajstić information content (AvgIpc) is 3.86. The number of fused-ring (bicyclic) bond motifs is 9. The molecule has 0 radical (unpaired) electrons. The Hall–Kier alpha value is -4.82. The molecule has 0 saturated carbocycles. The van der Waals surface area contributed by atoms with Gasteiger partial charge in [-0.1, -0.05) is 214 Å². The van der Waals surface area contributed by atoms with Crippen LogP contribution in [0.15, 0.2) is 118 Å². The molecule has 0 aliphatic carbocycles. The van der Waals surface area contributed by atoms with Crippen LogP contribution in [0.2, 0.25) is 0 Å². The Labute approximate surface area is 359 Å². The van der Waals surface area contributed by atoms with E-state index in [0.29, 0.717) is 0 Å². The van der Waals surface area contributed by atoms with Gasteiger partial charge in [-0.05, 0) is 83.0 Å². The zero-order valence-corrected chi connectivity index (χ0v) is 36.8. The first-order chi connectivity index (χ1) is 29.7. The van der Waals surface area contributed by atoms with Crippen molar-refractivity contribution in [2.24, 2.45) is 0 Å². The number of hydrogen-bond acceptors (Lipinski definition) is 2.